The fourth-order valence-corrected chi connectivity index (χ4v) is 3.49. The number of rotatable bonds is 16. The standard InChI is InChI=1S/C18H36O2S/c1-3-17(2)14-16-21-15-12-10-8-6-4-5-7-9-11-13-18(19)20/h17H,3-16H2,1-2H3,(H,19,20). The van der Waals surface area contributed by atoms with E-state index in [1.54, 1.807) is 0 Å². The Hall–Kier alpha value is -0.180. The molecular weight excluding hydrogens is 280 g/mol. The summed E-state index contributed by atoms with van der Waals surface area (Å²) in [5.41, 5.74) is 0. The Morgan fingerprint density at radius 1 is 0.905 bits per heavy atom. The summed E-state index contributed by atoms with van der Waals surface area (Å²) in [5, 5.41) is 8.53. The van der Waals surface area contributed by atoms with E-state index >= 15 is 0 Å². The van der Waals surface area contributed by atoms with Crippen molar-refractivity contribution in [2.24, 2.45) is 5.92 Å². The van der Waals surface area contributed by atoms with Crippen molar-refractivity contribution < 1.29 is 9.90 Å². The van der Waals surface area contributed by atoms with Crippen LogP contribution in [0.15, 0.2) is 0 Å². The van der Waals surface area contributed by atoms with E-state index in [0.29, 0.717) is 6.42 Å². The van der Waals surface area contributed by atoms with Gasteiger partial charge in [0.15, 0.2) is 0 Å². The molecule has 0 radical (unpaired) electrons. The van der Waals surface area contributed by atoms with Gasteiger partial charge < -0.3 is 5.11 Å². The molecule has 0 spiro atoms. The molecule has 0 bridgehead atoms. The molecule has 0 aromatic heterocycles. The molecule has 0 aliphatic carbocycles. The predicted octanol–water partition coefficient (Wildman–Crippen LogP) is 6.14. The van der Waals surface area contributed by atoms with Gasteiger partial charge in [0.2, 0.25) is 0 Å². The summed E-state index contributed by atoms with van der Waals surface area (Å²) >= 11 is 2.13. The molecule has 0 aliphatic heterocycles. The van der Waals surface area contributed by atoms with Crippen molar-refractivity contribution in [1.82, 2.24) is 0 Å². The maximum absolute atomic E-state index is 10.3. The zero-order valence-electron chi connectivity index (χ0n) is 14.2. The monoisotopic (exact) mass is 316 g/mol. The van der Waals surface area contributed by atoms with Crippen LogP contribution in [0.2, 0.25) is 0 Å². The lowest BCUT2D eigenvalue weighted by Crippen LogP contribution is -1.94. The van der Waals surface area contributed by atoms with Gasteiger partial charge in [-0.25, -0.2) is 0 Å². The molecule has 0 rings (SSSR count). The van der Waals surface area contributed by atoms with E-state index in [1.807, 2.05) is 0 Å². The van der Waals surface area contributed by atoms with Crippen LogP contribution in [-0.4, -0.2) is 22.6 Å². The van der Waals surface area contributed by atoms with Crippen molar-refractivity contribution in [2.75, 3.05) is 11.5 Å². The summed E-state index contributed by atoms with van der Waals surface area (Å²) in [4.78, 5) is 10.3. The molecular formula is C18H36O2S. The van der Waals surface area contributed by atoms with E-state index in [4.69, 9.17) is 5.11 Å². The van der Waals surface area contributed by atoms with E-state index < -0.39 is 5.97 Å². The van der Waals surface area contributed by atoms with Gasteiger partial charge in [-0.15, -0.1) is 0 Å². The Morgan fingerprint density at radius 2 is 1.43 bits per heavy atom. The van der Waals surface area contributed by atoms with Gasteiger partial charge in [-0.2, -0.15) is 11.8 Å². The number of carboxylic acid groups (broad SMARTS) is 1. The first-order valence-electron chi connectivity index (χ1n) is 8.96. The molecule has 0 amide bonds. The number of carboxylic acids is 1. The highest BCUT2D eigenvalue weighted by atomic mass is 32.2. The van der Waals surface area contributed by atoms with Crippen molar-refractivity contribution in [3.8, 4) is 0 Å². The second-order valence-corrected chi connectivity index (χ2v) is 7.46. The minimum Gasteiger partial charge on any atom is -0.481 e. The molecule has 0 saturated carbocycles. The lowest BCUT2D eigenvalue weighted by atomic mass is 10.1. The highest BCUT2D eigenvalue weighted by Gasteiger charge is 1.99. The highest BCUT2D eigenvalue weighted by Crippen LogP contribution is 2.15. The number of thioether (sulfide) groups is 1. The average molecular weight is 317 g/mol. The van der Waals surface area contributed by atoms with Crippen LogP contribution >= 0.6 is 11.8 Å². The molecule has 1 N–H and O–H groups in total. The zero-order valence-corrected chi connectivity index (χ0v) is 15.1. The second-order valence-electron chi connectivity index (χ2n) is 6.24. The first-order valence-corrected chi connectivity index (χ1v) is 10.1. The van der Waals surface area contributed by atoms with Crippen molar-refractivity contribution in [1.29, 1.82) is 0 Å². The smallest absolute Gasteiger partial charge is 0.303 e. The van der Waals surface area contributed by atoms with Crippen LogP contribution in [0.5, 0.6) is 0 Å². The summed E-state index contributed by atoms with van der Waals surface area (Å²) in [7, 11) is 0. The maximum atomic E-state index is 10.3. The second kappa shape index (κ2) is 16.2. The first-order chi connectivity index (χ1) is 10.2. The van der Waals surface area contributed by atoms with E-state index in [-0.39, 0.29) is 0 Å². The van der Waals surface area contributed by atoms with Gasteiger partial charge in [0.1, 0.15) is 0 Å². The summed E-state index contributed by atoms with van der Waals surface area (Å²) in [6.45, 7) is 4.63. The molecule has 0 heterocycles. The quantitative estimate of drug-likeness (QED) is 0.347. The Kier molecular flexibility index (Phi) is 16.1. The zero-order chi connectivity index (χ0) is 15.8. The van der Waals surface area contributed by atoms with Gasteiger partial charge in [-0.05, 0) is 36.7 Å². The molecule has 0 aliphatic rings. The summed E-state index contributed by atoms with van der Waals surface area (Å²) < 4.78 is 0. The summed E-state index contributed by atoms with van der Waals surface area (Å²) in [6.07, 6.45) is 14.3. The molecule has 0 fully saturated rings. The predicted molar refractivity (Wildman–Crippen MR) is 95.2 cm³/mol. The van der Waals surface area contributed by atoms with Crippen molar-refractivity contribution in [3.05, 3.63) is 0 Å². The van der Waals surface area contributed by atoms with Crippen LogP contribution in [-0.2, 0) is 4.79 Å². The molecule has 126 valence electrons. The lowest BCUT2D eigenvalue weighted by molar-refractivity contribution is -0.137. The molecule has 0 saturated heterocycles. The first kappa shape index (κ1) is 20.8. The van der Waals surface area contributed by atoms with Gasteiger partial charge in [-0.3, -0.25) is 4.79 Å². The fraction of sp³-hybridized carbons (Fsp3) is 0.944. The Morgan fingerprint density at radius 3 is 1.95 bits per heavy atom. The molecule has 1 atom stereocenters. The van der Waals surface area contributed by atoms with Gasteiger partial charge in [0, 0.05) is 6.42 Å². The topological polar surface area (TPSA) is 37.3 Å². The van der Waals surface area contributed by atoms with Crippen molar-refractivity contribution >= 4 is 17.7 Å². The summed E-state index contributed by atoms with van der Waals surface area (Å²) in [5.74, 6) is 2.92. The Balaban J connectivity index is 3.01. The lowest BCUT2D eigenvalue weighted by Gasteiger charge is -2.07. The van der Waals surface area contributed by atoms with Gasteiger partial charge in [0.25, 0.3) is 0 Å². The molecule has 1 unspecified atom stereocenters. The van der Waals surface area contributed by atoms with E-state index in [0.717, 1.165) is 18.8 Å². The van der Waals surface area contributed by atoms with Crippen LogP contribution in [0.4, 0.5) is 0 Å². The third kappa shape index (κ3) is 17.8. The third-order valence-electron chi connectivity index (χ3n) is 4.13. The van der Waals surface area contributed by atoms with E-state index in [1.165, 1.54) is 69.3 Å². The number of carbonyl (C=O) groups is 1. The normalized spacial score (nSPS) is 12.5. The highest BCUT2D eigenvalue weighted by molar-refractivity contribution is 7.99. The van der Waals surface area contributed by atoms with Crippen LogP contribution < -0.4 is 0 Å². The van der Waals surface area contributed by atoms with Crippen molar-refractivity contribution in [3.63, 3.8) is 0 Å². The largest absolute Gasteiger partial charge is 0.481 e. The number of unbranched alkanes of at least 4 members (excludes halogenated alkanes) is 8. The number of hydrogen-bond acceptors (Lipinski definition) is 2. The van der Waals surface area contributed by atoms with Crippen LogP contribution in [0.1, 0.15) is 90.9 Å². The average Bonchev–Trinajstić information content (AvgIpc) is 2.46. The van der Waals surface area contributed by atoms with Gasteiger partial charge in [-0.1, -0.05) is 65.2 Å². The molecule has 0 aromatic carbocycles. The minimum absolute atomic E-state index is 0.342. The van der Waals surface area contributed by atoms with Crippen LogP contribution in [0.25, 0.3) is 0 Å². The van der Waals surface area contributed by atoms with E-state index in [2.05, 4.69) is 25.6 Å². The molecule has 2 nitrogen and oxygen atoms in total. The van der Waals surface area contributed by atoms with Crippen LogP contribution in [0.3, 0.4) is 0 Å². The van der Waals surface area contributed by atoms with E-state index in [9.17, 15) is 4.79 Å². The van der Waals surface area contributed by atoms with Gasteiger partial charge in [0.05, 0.1) is 0 Å². The molecule has 21 heavy (non-hydrogen) atoms. The minimum atomic E-state index is -0.656. The number of hydrogen-bond donors (Lipinski definition) is 1. The maximum Gasteiger partial charge on any atom is 0.303 e. The van der Waals surface area contributed by atoms with Crippen molar-refractivity contribution in [2.45, 2.75) is 90.9 Å². The van der Waals surface area contributed by atoms with Crippen LogP contribution in [0, 0.1) is 5.92 Å². The molecule has 3 heteroatoms. The summed E-state index contributed by atoms with van der Waals surface area (Å²) in [6, 6.07) is 0. The fourth-order valence-electron chi connectivity index (χ4n) is 2.31. The van der Waals surface area contributed by atoms with Gasteiger partial charge >= 0.3 is 5.97 Å². The Bertz CT molecular complexity index is 231. The number of aliphatic carboxylic acids is 1. The Labute approximate surface area is 136 Å². The SMILES string of the molecule is CCC(C)CCSCCCCCCCCCCCC(=O)O. The molecule has 0 aromatic rings. The third-order valence-corrected chi connectivity index (χ3v) is 5.23.